The summed E-state index contributed by atoms with van der Waals surface area (Å²) in [5.41, 5.74) is 14.6. The van der Waals surface area contributed by atoms with Crippen LogP contribution in [0.3, 0.4) is 0 Å². The zero-order valence-electron chi connectivity index (χ0n) is 73.9. The van der Waals surface area contributed by atoms with Gasteiger partial charge >= 0.3 is 30.2 Å². The van der Waals surface area contributed by atoms with Gasteiger partial charge in [0.05, 0.1) is 40.9 Å². The molecule has 0 saturated heterocycles. The summed E-state index contributed by atoms with van der Waals surface area (Å²) in [5.74, 6) is -2.38. The molecule has 0 spiro atoms. The van der Waals surface area contributed by atoms with Gasteiger partial charge in [0.2, 0.25) is 47.1 Å². The van der Waals surface area contributed by atoms with Crippen LogP contribution in [0.1, 0.15) is 154 Å². The van der Waals surface area contributed by atoms with E-state index in [2.05, 4.69) is 55.6 Å². The van der Waals surface area contributed by atoms with E-state index in [0.717, 1.165) is 67.0 Å². The highest BCUT2D eigenvalue weighted by Gasteiger charge is 2.46. The number of hydrogen-bond donors (Lipinski definition) is 9. The van der Waals surface area contributed by atoms with Gasteiger partial charge in [-0.15, -0.1) is 34.0 Å². The van der Waals surface area contributed by atoms with Crippen LogP contribution in [0.2, 0.25) is 0 Å². The van der Waals surface area contributed by atoms with Crippen molar-refractivity contribution >= 4 is 169 Å². The molecule has 3 aliphatic carbocycles. The largest absolute Gasteiger partial charge is 0.480 e. The number of sulfonamides is 3. The number of hydrogen-bond acceptors (Lipinski definition) is 30. The first-order valence-electron chi connectivity index (χ1n) is 41.8. The van der Waals surface area contributed by atoms with Crippen LogP contribution < -0.4 is 42.0 Å². The van der Waals surface area contributed by atoms with E-state index in [1.165, 1.54) is 48.1 Å². The number of aliphatic carboxylic acids is 1. The van der Waals surface area contributed by atoms with Crippen LogP contribution in [-0.2, 0) is 107 Å². The van der Waals surface area contributed by atoms with E-state index in [1.807, 2.05) is 128 Å². The molecule has 135 heavy (non-hydrogen) atoms. The highest BCUT2D eigenvalue weighted by Crippen LogP contribution is 2.51. The van der Waals surface area contributed by atoms with E-state index >= 15 is 0 Å². The Morgan fingerprint density at radius 3 is 0.985 bits per heavy atom. The van der Waals surface area contributed by atoms with Gasteiger partial charge in [0.1, 0.15) is 58.2 Å². The third kappa shape index (κ3) is 25.7. The topological polar surface area (TPSA) is 560 Å². The number of carboxylic acid groups (broad SMARTS) is 1. The average Bonchev–Trinajstić information content (AvgIpc) is 1.62. The number of carbonyl (C=O) groups excluding carboxylic acids is 8. The van der Waals surface area contributed by atoms with E-state index in [1.54, 1.807) is 39.6 Å². The molecule has 36 nitrogen and oxygen atoms in total. The molecule has 726 valence electrons. The molecule has 0 radical (unpaired) electrons. The first-order chi connectivity index (χ1) is 63.6. The van der Waals surface area contributed by atoms with Crippen molar-refractivity contribution in [3.63, 3.8) is 0 Å². The molecule has 6 heterocycles. The number of sulfone groups is 3. The molecule has 3 aliphatic heterocycles. The maximum atomic E-state index is 13.2. The average molecular weight is 2070 g/mol. The second-order valence-electron chi connectivity index (χ2n) is 31.3. The lowest BCUT2D eigenvalue weighted by molar-refractivity contribution is -0.143. The van der Waals surface area contributed by atoms with Crippen molar-refractivity contribution in [3.05, 3.63) is 214 Å². The predicted octanol–water partition coefficient (Wildman–Crippen LogP) is 10.3. The standard InChI is InChI=1S/C27H29N3O7S3.C17H14ClNO3.C17H15NO4.C13H21N3O5S3.C10H16N2O4S3.C4H5ClO3/c1-3-30(23-12-16(2)39(33,34)26-21(23)13-25(38-26)40(28,35)36)24(31)14-29-27(32)37-15-22-19-10-6-4-8-17(19)18-9-5-7-11-20(18)22;18-16(20)9-19-17(21)22-10-15-13-7-3-1-5-11(13)12-6-2-4-8-14(12)15;19-16(20)9-18-17(21)22-10-15-13-7-3-1-5-11(13)12-6-2-4-8-14(12)15;1-4-16(11(17)7-15-3)10-5-8(2)23(18,19)13-9(10)6-12(22-13)24(14,20)21;1-3-12-8-4-6(2)18(13,14)10-7(8)5-9(17-10)19(11,15)16;1-3(6)8-2-4(5)7/h4-11,13,16,22-23H,3,12,14-15H2,1-2H3,(H,29,32)(H2,28,35,36);1-8,15H,9-10H2,(H,19,21);1-8,15H,9-10H2,(H,18,21)(H,19,20);6,8,10,15H,4-5,7H2,1-3H3,(H2,14,20,21);5-6,8,12H,3-4H2,1-2H3,(H2,11,15,16);2H2,1H3/t16-,23-;;;8-,10-;6-,8-;/m0..00./s1. The first kappa shape index (κ1) is 107. The van der Waals surface area contributed by atoms with Crippen molar-refractivity contribution in [2.45, 2.75) is 145 Å². The molecule has 0 bridgehead atoms. The predicted molar refractivity (Wildman–Crippen MR) is 507 cm³/mol. The Bertz CT molecular complexity index is 6440. The number of rotatable bonds is 25. The van der Waals surface area contributed by atoms with Crippen molar-refractivity contribution < 1.29 is 118 Å². The molecule has 0 fully saturated rings. The van der Waals surface area contributed by atoms with Gasteiger partial charge in [-0.05, 0) is 176 Å². The van der Waals surface area contributed by atoms with Crippen molar-refractivity contribution in [1.29, 1.82) is 0 Å². The molecule has 47 heteroatoms. The number of nitrogens with zero attached hydrogens (tertiary/aromatic N) is 2. The number of carbonyl (C=O) groups is 9. The fraction of sp³-hybridized carbons (Fsp3) is 0.352. The minimum atomic E-state index is -4.14. The monoisotopic (exact) mass is 2070 g/mol. The third-order valence-corrected chi connectivity index (χ3v) is 38.7. The SMILES string of the molecule is CC(=O)OCC(=O)Cl.CCN(C(=O)CNC(=O)OCC1c2ccccc2-c2ccccc21)[C@H]1C[C@H](C)S(=O)(=O)c2sc(S(N)(=O)=O)cc21.CCN(C(=O)CNC)[C@H]1C[C@H](C)S(=O)(=O)c2sc(S(N)(=O)=O)cc21.CCN[C@H]1C[C@H](C)S(=O)(=O)c2sc(S(N)(=O)=O)cc21.O=C(Cl)CNC(=O)OCC1c2ccccc2-c2ccccc21.O=C(O)CNC(=O)OCC1c2ccccc2-c2ccccc21. The van der Waals surface area contributed by atoms with Gasteiger partial charge in [-0.3, -0.25) is 28.8 Å². The Hall–Kier alpha value is -10.5. The minimum Gasteiger partial charge on any atom is -0.480 e. The number of ether oxygens (including phenoxy) is 4. The van der Waals surface area contributed by atoms with E-state index in [9.17, 15) is 93.7 Å². The van der Waals surface area contributed by atoms with Crippen molar-refractivity contribution in [2.75, 3.05) is 79.3 Å². The van der Waals surface area contributed by atoms with Crippen LogP contribution in [-0.4, -0.2) is 213 Å². The highest BCUT2D eigenvalue weighted by atomic mass is 35.5. The maximum Gasteiger partial charge on any atom is 0.407 e. The Kier molecular flexibility index (Phi) is 36.1. The maximum absolute atomic E-state index is 13.2. The summed E-state index contributed by atoms with van der Waals surface area (Å²) in [6.45, 7) is 11.9. The molecular formula is C88H100Cl2N10O26S9. The van der Waals surface area contributed by atoms with Gasteiger partial charge in [-0.2, -0.15) is 0 Å². The number of nitrogens with one attached hydrogen (secondary N) is 5. The fourth-order valence-electron chi connectivity index (χ4n) is 16.2. The number of benzene rings is 6. The van der Waals surface area contributed by atoms with Crippen LogP contribution in [0.4, 0.5) is 14.4 Å². The lowest BCUT2D eigenvalue weighted by Crippen LogP contribution is -2.44. The summed E-state index contributed by atoms with van der Waals surface area (Å²) in [6.07, 6.45) is -1.37. The van der Waals surface area contributed by atoms with Crippen LogP contribution in [0.15, 0.2) is 189 Å². The van der Waals surface area contributed by atoms with Gasteiger partial charge in [-0.25, -0.2) is 80.3 Å². The van der Waals surface area contributed by atoms with Gasteiger partial charge in [0.25, 0.3) is 5.24 Å². The summed E-state index contributed by atoms with van der Waals surface area (Å²) in [5, 5.41) is 33.6. The molecule has 3 aromatic heterocycles. The number of amides is 5. The Morgan fingerprint density at radius 1 is 0.422 bits per heavy atom. The number of carboxylic acids is 1. The Morgan fingerprint density at radius 2 is 0.711 bits per heavy atom. The number of likely N-dealkylation sites (N-methyl/N-ethyl adjacent to an activating group) is 3. The second-order valence-corrected chi connectivity index (χ2v) is 48.3. The van der Waals surface area contributed by atoms with Crippen LogP contribution in [0.25, 0.3) is 33.4 Å². The van der Waals surface area contributed by atoms with E-state index in [-0.39, 0.29) is 126 Å². The van der Waals surface area contributed by atoms with Crippen LogP contribution in [0.5, 0.6) is 0 Å². The summed E-state index contributed by atoms with van der Waals surface area (Å²) in [6, 6.07) is 50.7. The quantitative estimate of drug-likeness (QED) is 0.0146. The molecular weight excluding hydrogens is 1970 g/mol. The summed E-state index contributed by atoms with van der Waals surface area (Å²) >= 11 is 12.0. The van der Waals surface area contributed by atoms with E-state index in [0.29, 0.717) is 53.3 Å². The lowest BCUT2D eigenvalue weighted by atomic mass is 9.98. The molecule has 9 aromatic rings. The molecule has 5 amide bonds. The molecule has 12 N–H and O–H groups in total. The van der Waals surface area contributed by atoms with Gasteiger partial charge in [0.15, 0.2) is 36.1 Å². The minimum absolute atomic E-state index is 0.00449. The zero-order valence-corrected chi connectivity index (χ0v) is 82.8. The first-order valence-corrected chi connectivity index (χ1v) is 54.2. The number of thiophene rings is 3. The number of alkyl carbamates (subject to hydrolysis) is 3. The van der Waals surface area contributed by atoms with Crippen molar-refractivity contribution in [3.8, 4) is 33.4 Å². The molecule has 6 aliphatic rings. The molecule has 0 saturated carbocycles. The number of esters is 1. The number of halogens is 2. The lowest BCUT2D eigenvalue weighted by Gasteiger charge is -2.36. The second kappa shape index (κ2) is 45.7. The molecule has 15 rings (SSSR count). The molecule has 6 aromatic carbocycles. The van der Waals surface area contributed by atoms with Crippen LogP contribution >= 0.6 is 57.2 Å². The van der Waals surface area contributed by atoms with Crippen LogP contribution in [0, 0.1) is 0 Å². The Labute approximate surface area is 803 Å². The summed E-state index contributed by atoms with van der Waals surface area (Å²) < 4.78 is 165. The van der Waals surface area contributed by atoms with E-state index in [4.69, 9.17) is 57.9 Å². The third-order valence-electron chi connectivity index (χ3n) is 22.5. The normalized spacial score (nSPS) is 18.0. The van der Waals surface area contributed by atoms with Crippen molar-refractivity contribution in [1.82, 2.24) is 36.4 Å². The number of primary sulfonamides is 3. The van der Waals surface area contributed by atoms with Gasteiger partial charge in [-0.1, -0.05) is 153 Å². The Balaban J connectivity index is 0.000000176. The summed E-state index contributed by atoms with van der Waals surface area (Å²) in [7, 11) is -21.2. The summed E-state index contributed by atoms with van der Waals surface area (Å²) in [4.78, 5) is 105. The fourth-order valence-corrected chi connectivity index (χ4v) is 29.6. The van der Waals surface area contributed by atoms with Gasteiger partial charge < -0.3 is 60.4 Å². The molecule has 6 atom stereocenters. The molecule has 0 unspecified atom stereocenters. The number of nitrogens with two attached hydrogens (primary N) is 3. The van der Waals surface area contributed by atoms with E-state index < -0.39 is 141 Å². The van der Waals surface area contributed by atoms with Crippen molar-refractivity contribution in [2.24, 2.45) is 15.4 Å². The van der Waals surface area contributed by atoms with Gasteiger partial charge in [0, 0.05) is 60.5 Å². The number of fused-ring (bicyclic) bond motifs is 12. The smallest absolute Gasteiger partial charge is 0.407 e. The zero-order chi connectivity index (χ0) is 99.1. The highest BCUT2D eigenvalue weighted by molar-refractivity contribution is 7.96.